The van der Waals surface area contributed by atoms with Crippen LogP contribution in [0.4, 0.5) is 0 Å². The lowest BCUT2D eigenvalue weighted by atomic mass is 9.96. The lowest BCUT2D eigenvalue weighted by Gasteiger charge is -2.32. The van der Waals surface area contributed by atoms with Crippen molar-refractivity contribution >= 4 is 27.7 Å². The predicted molar refractivity (Wildman–Crippen MR) is 82.9 cm³/mol. The van der Waals surface area contributed by atoms with Crippen molar-refractivity contribution in [2.24, 2.45) is 5.92 Å². The van der Waals surface area contributed by atoms with E-state index in [1.165, 1.54) is 48.5 Å². The topological polar surface area (TPSA) is 3.24 Å². The highest BCUT2D eigenvalue weighted by atomic mass is 79.9. The van der Waals surface area contributed by atoms with Crippen LogP contribution in [0.1, 0.15) is 24.3 Å². The average Bonchev–Trinajstić information content (AvgIpc) is 2.83. The van der Waals surface area contributed by atoms with Gasteiger partial charge < -0.3 is 4.90 Å². The van der Waals surface area contributed by atoms with Gasteiger partial charge in [0.05, 0.1) is 0 Å². The summed E-state index contributed by atoms with van der Waals surface area (Å²) in [6.45, 7) is 3.85. The zero-order valence-corrected chi connectivity index (χ0v) is 13.0. The van der Waals surface area contributed by atoms with Crippen LogP contribution in [0.3, 0.4) is 0 Å². The van der Waals surface area contributed by atoms with Gasteiger partial charge in [-0.25, -0.2) is 0 Å². The number of benzene rings is 1. The van der Waals surface area contributed by atoms with Crippen LogP contribution in [-0.2, 0) is 0 Å². The second-order valence-electron chi connectivity index (χ2n) is 5.44. The molecule has 98 valence electrons. The van der Waals surface area contributed by atoms with Crippen LogP contribution in [0.15, 0.2) is 29.2 Å². The Morgan fingerprint density at radius 2 is 2.00 bits per heavy atom. The molecule has 0 saturated carbocycles. The van der Waals surface area contributed by atoms with Crippen LogP contribution < -0.4 is 0 Å². The number of alkyl halides is 1. The molecular weight excluding hydrogens is 306 g/mol. The highest BCUT2D eigenvalue weighted by Gasteiger charge is 2.26. The summed E-state index contributed by atoms with van der Waals surface area (Å²) in [4.78, 5) is 4.18. The van der Waals surface area contributed by atoms with Gasteiger partial charge in [-0.1, -0.05) is 34.1 Å². The molecular formula is C15H20BrNS. The third-order valence-electron chi connectivity index (χ3n) is 4.20. The van der Waals surface area contributed by atoms with Crippen LogP contribution in [-0.4, -0.2) is 35.6 Å². The van der Waals surface area contributed by atoms with Crippen molar-refractivity contribution in [1.29, 1.82) is 0 Å². The third-order valence-corrected chi connectivity index (χ3v) is 6.37. The Kier molecular flexibility index (Phi) is 4.32. The van der Waals surface area contributed by atoms with E-state index in [4.69, 9.17) is 0 Å². The molecule has 1 atom stereocenters. The van der Waals surface area contributed by atoms with Gasteiger partial charge in [-0.2, -0.15) is 0 Å². The number of fused-ring (bicyclic) bond motifs is 1. The van der Waals surface area contributed by atoms with Crippen molar-refractivity contribution in [3.8, 4) is 0 Å². The van der Waals surface area contributed by atoms with E-state index in [-0.39, 0.29) is 0 Å². The van der Waals surface area contributed by atoms with Crippen molar-refractivity contribution in [2.75, 3.05) is 30.7 Å². The minimum absolute atomic E-state index is 0.756. The maximum atomic E-state index is 3.62. The maximum absolute atomic E-state index is 3.62. The van der Waals surface area contributed by atoms with E-state index in [2.05, 4.69) is 45.1 Å². The summed E-state index contributed by atoms with van der Waals surface area (Å²) in [5.74, 6) is 2.94. The molecule has 2 aliphatic heterocycles. The van der Waals surface area contributed by atoms with Gasteiger partial charge in [0.2, 0.25) is 0 Å². The van der Waals surface area contributed by atoms with Gasteiger partial charge >= 0.3 is 0 Å². The molecule has 18 heavy (non-hydrogen) atoms. The summed E-state index contributed by atoms with van der Waals surface area (Å²) in [7, 11) is 0. The number of hydrogen-bond acceptors (Lipinski definition) is 2. The normalized spacial score (nSPS) is 25.3. The van der Waals surface area contributed by atoms with Crippen molar-refractivity contribution < 1.29 is 0 Å². The molecule has 0 aromatic heterocycles. The van der Waals surface area contributed by atoms with Crippen LogP contribution in [0.2, 0.25) is 0 Å². The van der Waals surface area contributed by atoms with Gasteiger partial charge in [0.25, 0.3) is 0 Å². The Balaban J connectivity index is 1.59. The summed E-state index contributed by atoms with van der Waals surface area (Å²) < 4.78 is 0. The van der Waals surface area contributed by atoms with Crippen molar-refractivity contribution in [2.45, 2.75) is 23.7 Å². The molecule has 1 fully saturated rings. The molecule has 3 heteroatoms. The Bertz CT molecular complexity index is 401. The maximum Gasteiger partial charge on any atom is 0.0108 e. The van der Waals surface area contributed by atoms with E-state index in [1.54, 1.807) is 5.56 Å². The lowest BCUT2D eigenvalue weighted by Crippen LogP contribution is -2.37. The molecule has 3 rings (SSSR count). The van der Waals surface area contributed by atoms with Crippen LogP contribution in [0, 0.1) is 5.92 Å². The van der Waals surface area contributed by atoms with Gasteiger partial charge in [-0.15, -0.1) is 11.8 Å². The molecule has 1 aromatic rings. The molecule has 1 unspecified atom stereocenters. The first-order valence-corrected chi connectivity index (χ1v) is 8.97. The van der Waals surface area contributed by atoms with Crippen molar-refractivity contribution in [3.63, 3.8) is 0 Å². The molecule has 2 heterocycles. The molecule has 0 amide bonds. The van der Waals surface area contributed by atoms with Crippen LogP contribution in [0.5, 0.6) is 0 Å². The molecule has 1 saturated heterocycles. The van der Waals surface area contributed by atoms with Gasteiger partial charge in [0.1, 0.15) is 0 Å². The lowest BCUT2D eigenvalue weighted by molar-refractivity contribution is 0.188. The largest absolute Gasteiger partial charge is 0.303 e. The number of thioether (sulfide) groups is 1. The average molecular weight is 326 g/mol. The Labute approximate surface area is 122 Å². The summed E-state index contributed by atoms with van der Waals surface area (Å²) in [6, 6.07) is 8.95. The molecule has 0 aliphatic carbocycles. The predicted octanol–water partition coefficient (Wildman–Crippen LogP) is 3.98. The van der Waals surface area contributed by atoms with Gasteiger partial charge in [0, 0.05) is 28.4 Å². The second-order valence-corrected chi connectivity index (χ2v) is 7.15. The number of likely N-dealkylation sites (tertiary alicyclic amines) is 1. The van der Waals surface area contributed by atoms with E-state index < -0.39 is 0 Å². The van der Waals surface area contributed by atoms with E-state index in [1.807, 2.05) is 11.8 Å². The standard InChI is InChI=1S/C15H20BrNS/c16-9-12-5-7-17(8-6-12)10-13-11-18-15-4-2-1-3-14(13)15/h1-4,12-13H,5-11H2. The summed E-state index contributed by atoms with van der Waals surface area (Å²) >= 11 is 5.65. The van der Waals surface area contributed by atoms with Crippen molar-refractivity contribution in [1.82, 2.24) is 4.90 Å². The fourth-order valence-electron chi connectivity index (χ4n) is 3.02. The fraction of sp³-hybridized carbons (Fsp3) is 0.600. The molecule has 1 nitrogen and oxygen atoms in total. The first-order chi connectivity index (χ1) is 8.86. The Morgan fingerprint density at radius 1 is 1.22 bits per heavy atom. The Morgan fingerprint density at radius 3 is 2.78 bits per heavy atom. The van der Waals surface area contributed by atoms with Crippen LogP contribution in [0.25, 0.3) is 0 Å². The smallest absolute Gasteiger partial charge is 0.0108 e. The van der Waals surface area contributed by atoms with E-state index in [0.717, 1.165) is 11.8 Å². The monoisotopic (exact) mass is 325 g/mol. The zero-order valence-electron chi connectivity index (χ0n) is 10.6. The first kappa shape index (κ1) is 13.0. The molecule has 0 radical (unpaired) electrons. The van der Waals surface area contributed by atoms with Gasteiger partial charge in [0.15, 0.2) is 0 Å². The number of hydrogen-bond donors (Lipinski definition) is 0. The third kappa shape index (κ3) is 2.78. The number of halogens is 1. The molecule has 0 spiro atoms. The summed E-state index contributed by atoms with van der Waals surface area (Å²) in [6.07, 6.45) is 2.74. The quantitative estimate of drug-likeness (QED) is 0.773. The van der Waals surface area contributed by atoms with E-state index in [9.17, 15) is 0 Å². The number of piperidine rings is 1. The fourth-order valence-corrected chi connectivity index (χ4v) is 4.90. The Hall–Kier alpha value is 0.0100. The van der Waals surface area contributed by atoms with Crippen molar-refractivity contribution in [3.05, 3.63) is 29.8 Å². The summed E-state index contributed by atoms with van der Waals surface area (Å²) in [5.41, 5.74) is 1.59. The summed E-state index contributed by atoms with van der Waals surface area (Å²) in [5, 5.41) is 1.18. The van der Waals surface area contributed by atoms with Crippen LogP contribution >= 0.6 is 27.7 Å². The highest BCUT2D eigenvalue weighted by Crippen LogP contribution is 2.39. The van der Waals surface area contributed by atoms with E-state index >= 15 is 0 Å². The molecule has 1 aromatic carbocycles. The number of rotatable bonds is 3. The molecule has 0 N–H and O–H groups in total. The zero-order chi connectivity index (χ0) is 12.4. The SMILES string of the molecule is BrCC1CCN(CC2CSc3ccccc32)CC1. The minimum Gasteiger partial charge on any atom is -0.303 e. The van der Waals surface area contributed by atoms with Gasteiger partial charge in [-0.05, 0) is 43.5 Å². The molecule has 0 bridgehead atoms. The molecule has 2 aliphatic rings. The van der Waals surface area contributed by atoms with E-state index in [0.29, 0.717) is 0 Å². The van der Waals surface area contributed by atoms with Gasteiger partial charge in [-0.3, -0.25) is 0 Å². The number of nitrogens with zero attached hydrogens (tertiary/aromatic N) is 1. The highest BCUT2D eigenvalue weighted by molar-refractivity contribution is 9.09. The first-order valence-electron chi connectivity index (χ1n) is 6.87. The second kappa shape index (κ2) is 5.98. The minimum atomic E-state index is 0.756.